The summed E-state index contributed by atoms with van der Waals surface area (Å²) in [6, 6.07) is 13.4. The number of hydrogen-bond acceptors (Lipinski definition) is 6. The van der Waals surface area contributed by atoms with E-state index in [9.17, 15) is 4.79 Å². The Balaban J connectivity index is 1.52. The van der Waals surface area contributed by atoms with E-state index >= 15 is 0 Å². The third-order valence-electron chi connectivity index (χ3n) is 5.12. The Hall–Kier alpha value is -3.94. The summed E-state index contributed by atoms with van der Waals surface area (Å²) in [5.74, 6) is 1.53. The van der Waals surface area contributed by atoms with Crippen molar-refractivity contribution in [2.75, 3.05) is 6.61 Å². The van der Waals surface area contributed by atoms with Crippen LogP contribution in [0.1, 0.15) is 25.0 Å². The van der Waals surface area contributed by atoms with Crippen molar-refractivity contribution in [3.05, 3.63) is 76.5 Å². The van der Waals surface area contributed by atoms with E-state index in [1.807, 2.05) is 56.3 Å². The lowest BCUT2D eigenvalue weighted by Crippen LogP contribution is -2.17. The number of para-hydroxylation sites is 1. The number of aromatic nitrogens is 4. The third kappa shape index (κ3) is 3.46. The minimum absolute atomic E-state index is 0.132. The molecule has 31 heavy (non-hydrogen) atoms. The fourth-order valence-electron chi connectivity index (χ4n) is 3.70. The summed E-state index contributed by atoms with van der Waals surface area (Å²) in [7, 11) is 0. The highest BCUT2D eigenvalue weighted by molar-refractivity contribution is 5.85. The molecule has 1 aliphatic rings. The SMILES string of the molecule is CCOc1cc2c(cc1/C=N\n1cnc3c(cnn3-c3ccccc3)c1=O)O[C@H](C)C2. The molecular weight excluding hydrogens is 394 g/mol. The Kier molecular flexibility index (Phi) is 4.74. The van der Waals surface area contributed by atoms with Gasteiger partial charge in [0.25, 0.3) is 5.56 Å². The summed E-state index contributed by atoms with van der Waals surface area (Å²) in [5, 5.41) is 9.05. The Labute approximate surface area is 178 Å². The molecular formula is C23H21N5O3. The van der Waals surface area contributed by atoms with E-state index < -0.39 is 0 Å². The van der Waals surface area contributed by atoms with Crippen LogP contribution in [0.2, 0.25) is 0 Å². The van der Waals surface area contributed by atoms with Crippen LogP contribution in [0.25, 0.3) is 16.7 Å². The van der Waals surface area contributed by atoms with Crippen LogP contribution >= 0.6 is 0 Å². The van der Waals surface area contributed by atoms with Crippen LogP contribution in [0.5, 0.6) is 11.5 Å². The molecule has 156 valence electrons. The largest absolute Gasteiger partial charge is 0.493 e. The molecule has 0 fully saturated rings. The first kappa shape index (κ1) is 19.0. The lowest BCUT2D eigenvalue weighted by molar-refractivity contribution is 0.254. The first-order valence-corrected chi connectivity index (χ1v) is 10.2. The van der Waals surface area contributed by atoms with E-state index in [4.69, 9.17) is 9.47 Å². The lowest BCUT2D eigenvalue weighted by atomic mass is 10.1. The predicted molar refractivity (Wildman–Crippen MR) is 118 cm³/mol. The van der Waals surface area contributed by atoms with Gasteiger partial charge in [-0.25, -0.2) is 9.67 Å². The molecule has 8 nitrogen and oxygen atoms in total. The summed E-state index contributed by atoms with van der Waals surface area (Å²) in [5.41, 5.74) is 2.87. The van der Waals surface area contributed by atoms with Gasteiger partial charge in [-0.3, -0.25) is 4.79 Å². The van der Waals surface area contributed by atoms with Crippen molar-refractivity contribution in [1.29, 1.82) is 0 Å². The van der Waals surface area contributed by atoms with Gasteiger partial charge in [0.05, 0.1) is 24.7 Å². The Morgan fingerprint density at radius 3 is 2.94 bits per heavy atom. The molecule has 4 aromatic rings. The molecule has 1 aliphatic heterocycles. The molecule has 3 heterocycles. The molecule has 0 unspecified atom stereocenters. The summed E-state index contributed by atoms with van der Waals surface area (Å²) in [6.07, 6.45) is 5.48. The van der Waals surface area contributed by atoms with Gasteiger partial charge in [-0.2, -0.15) is 14.9 Å². The van der Waals surface area contributed by atoms with Gasteiger partial charge < -0.3 is 9.47 Å². The molecule has 0 N–H and O–H groups in total. The van der Waals surface area contributed by atoms with Crippen LogP contribution in [-0.2, 0) is 6.42 Å². The highest BCUT2D eigenvalue weighted by Crippen LogP contribution is 2.34. The summed E-state index contributed by atoms with van der Waals surface area (Å²) in [4.78, 5) is 17.3. The maximum absolute atomic E-state index is 12.9. The second-order valence-corrected chi connectivity index (χ2v) is 7.33. The molecule has 2 aromatic carbocycles. The molecule has 0 amide bonds. The molecule has 5 rings (SSSR count). The van der Waals surface area contributed by atoms with Gasteiger partial charge in [-0.05, 0) is 38.1 Å². The van der Waals surface area contributed by atoms with Crippen molar-refractivity contribution in [2.45, 2.75) is 26.4 Å². The minimum Gasteiger partial charge on any atom is -0.493 e. The van der Waals surface area contributed by atoms with E-state index in [2.05, 4.69) is 15.2 Å². The molecule has 2 aromatic heterocycles. The van der Waals surface area contributed by atoms with Gasteiger partial charge in [0.1, 0.15) is 29.3 Å². The molecule has 0 bridgehead atoms. The normalized spacial score (nSPS) is 15.4. The van der Waals surface area contributed by atoms with Crippen LogP contribution in [0.15, 0.2) is 64.9 Å². The number of ether oxygens (including phenoxy) is 2. The number of fused-ring (bicyclic) bond motifs is 2. The van der Waals surface area contributed by atoms with E-state index in [-0.39, 0.29) is 11.7 Å². The van der Waals surface area contributed by atoms with Gasteiger partial charge in [0.2, 0.25) is 0 Å². The molecule has 1 atom stereocenters. The van der Waals surface area contributed by atoms with Crippen molar-refractivity contribution in [3.8, 4) is 17.2 Å². The fourth-order valence-corrected chi connectivity index (χ4v) is 3.70. The second-order valence-electron chi connectivity index (χ2n) is 7.33. The summed E-state index contributed by atoms with van der Waals surface area (Å²) < 4.78 is 14.5. The smallest absolute Gasteiger partial charge is 0.285 e. The Morgan fingerprint density at radius 2 is 2.13 bits per heavy atom. The van der Waals surface area contributed by atoms with Gasteiger partial charge >= 0.3 is 0 Å². The summed E-state index contributed by atoms with van der Waals surface area (Å²) >= 11 is 0. The van der Waals surface area contributed by atoms with E-state index in [1.54, 1.807) is 10.9 Å². The van der Waals surface area contributed by atoms with Crippen LogP contribution in [0, 0.1) is 0 Å². The van der Waals surface area contributed by atoms with Crippen molar-refractivity contribution in [1.82, 2.24) is 19.4 Å². The van der Waals surface area contributed by atoms with Gasteiger partial charge in [0.15, 0.2) is 5.65 Å². The van der Waals surface area contributed by atoms with Crippen molar-refractivity contribution in [3.63, 3.8) is 0 Å². The topological polar surface area (TPSA) is 83.5 Å². The molecule has 8 heteroatoms. The van der Waals surface area contributed by atoms with Crippen molar-refractivity contribution < 1.29 is 9.47 Å². The minimum atomic E-state index is -0.299. The van der Waals surface area contributed by atoms with Gasteiger partial charge in [0, 0.05) is 17.5 Å². The monoisotopic (exact) mass is 415 g/mol. The number of hydrogen-bond donors (Lipinski definition) is 0. The van der Waals surface area contributed by atoms with Crippen molar-refractivity contribution in [2.24, 2.45) is 5.10 Å². The molecule has 0 spiro atoms. The first-order valence-electron chi connectivity index (χ1n) is 10.2. The highest BCUT2D eigenvalue weighted by atomic mass is 16.5. The second kappa shape index (κ2) is 7.71. The average molecular weight is 415 g/mol. The van der Waals surface area contributed by atoms with Crippen LogP contribution in [-0.4, -0.2) is 38.4 Å². The quantitative estimate of drug-likeness (QED) is 0.468. The van der Waals surface area contributed by atoms with E-state index in [1.165, 1.54) is 17.2 Å². The Morgan fingerprint density at radius 1 is 1.29 bits per heavy atom. The molecule has 0 aliphatic carbocycles. The first-order chi connectivity index (χ1) is 15.1. The zero-order valence-corrected chi connectivity index (χ0v) is 17.2. The molecule has 0 saturated carbocycles. The maximum atomic E-state index is 12.9. The average Bonchev–Trinajstić information content (AvgIpc) is 3.37. The predicted octanol–water partition coefficient (Wildman–Crippen LogP) is 3.19. The van der Waals surface area contributed by atoms with Crippen molar-refractivity contribution >= 4 is 17.2 Å². The lowest BCUT2D eigenvalue weighted by Gasteiger charge is -2.09. The number of rotatable bonds is 5. The highest BCUT2D eigenvalue weighted by Gasteiger charge is 2.21. The Bertz CT molecular complexity index is 1340. The standard InChI is InChI=1S/C23H21N5O3/c1-3-30-20-10-16-9-15(2)31-21(16)11-17(20)12-25-27-14-24-22-19(23(27)29)13-26-28(22)18-7-5-4-6-8-18/h4-8,10-15H,3,9H2,1-2H3/b25-12-/t15-/m1/s1. The van der Waals surface area contributed by atoms with E-state index in [0.29, 0.717) is 23.4 Å². The number of benzene rings is 2. The van der Waals surface area contributed by atoms with Gasteiger partial charge in [-0.1, -0.05) is 18.2 Å². The van der Waals surface area contributed by atoms with E-state index in [0.717, 1.165) is 29.0 Å². The van der Waals surface area contributed by atoms with Gasteiger partial charge in [-0.15, -0.1) is 0 Å². The third-order valence-corrected chi connectivity index (χ3v) is 5.12. The van der Waals surface area contributed by atoms with Crippen LogP contribution in [0.4, 0.5) is 0 Å². The number of nitrogens with zero attached hydrogens (tertiary/aromatic N) is 5. The zero-order chi connectivity index (χ0) is 21.4. The van der Waals surface area contributed by atoms with Crippen LogP contribution < -0.4 is 15.0 Å². The molecule has 0 saturated heterocycles. The van der Waals surface area contributed by atoms with Crippen LogP contribution in [0.3, 0.4) is 0 Å². The maximum Gasteiger partial charge on any atom is 0.285 e. The summed E-state index contributed by atoms with van der Waals surface area (Å²) in [6.45, 7) is 4.49. The fraction of sp³-hybridized carbons (Fsp3) is 0.217. The zero-order valence-electron chi connectivity index (χ0n) is 17.2. The molecule has 0 radical (unpaired) electrons.